The van der Waals surface area contributed by atoms with Gasteiger partial charge in [0.05, 0.1) is 9.38 Å². The Kier molecular flexibility index (Phi) is 4.64. The Labute approximate surface area is 128 Å². The SMILES string of the molecule is C#CCOc1ccc(C=C2SC(=S)NC2=O)cc1Br. The van der Waals surface area contributed by atoms with Crippen LogP contribution < -0.4 is 10.1 Å². The summed E-state index contributed by atoms with van der Waals surface area (Å²) in [6, 6.07) is 5.50. The maximum absolute atomic E-state index is 11.5. The highest BCUT2D eigenvalue weighted by molar-refractivity contribution is 9.10. The largest absolute Gasteiger partial charge is 0.480 e. The van der Waals surface area contributed by atoms with Crippen LogP contribution >= 0.6 is 39.9 Å². The van der Waals surface area contributed by atoms with Gasteiger partial charge in [-0.1, -0.05) is 36.0 Å². The van der Waals surface area contributed by atoms with Gasteiger partial charge in [0.2, 0.25) is 0 Å². The molecule has 1 heterocycles. The van der Waals surface area contributed by atoms with E-state index in [4.69, 9.17) is 23.4 Å². The zero-order chi connectivity index (χ0) is 13.8. The van der Waals surface area contributed by atoms with E-state index in [2.05, 4.69) is 27.2 Å². The molecule has 3 nitrogen and oxygen atoms in total. The van der Waals surface area contributed by atoms with E-state index in [1.165, 1.54) is 11.8 Å². The van der Waals surface area contributed by atoms with Crippen molar-refractivity contribution in [2.75, 3.05) is 6.61 Å². The smallest absolute Gasteiger partial charge is 0.263 e. The molecule has 1 N–H and O–H groups in total. The van der Waals surface area contributed by atoms with E-state index in [0.717, 1.165) is 10.0 Å². The van der Waals surface area contributed by atoms with Crippen molar-refractivity contribution >= 4 is 56.2 Å². The molecule has 0 radical (unpaired) electrons. The maximum atomic E-state index is 11.5. The fourth-order valence-electron chi connectivity index (χ4n) is 1.42. The molecule has 1 aliphatic heterocycles. The summed E-state index contributed by atoms with van der Waals surface area (Å²) < 4.78 is 6.60. The number of rotatable bonds is 3. The first kappa shape index (κ1) is 14.1. The number of benzene rings is 1. The standard InChI is InChI=1S/C13H8BrNO2S2/c1-2-5-17-10-4-3-8(6-9(10)14)7-11-12(16)15-13(18)19-11/h1,3-4,6-7H,5H2,(H,15,16,18). The van der Waals surface area contributed by atoms with Gasteiger partial charge in [0.15, 0.2) is 0 Å². The van der Waals surface area contributed by atoms with E-state index in [0.29, 0.717) is 15.0 Å². The molecule has 2 rings (SSSR count). The molecule has 0 bridgehead atoms. The number of ether oxygens (including phenoxy) is 1. The molecule has 1 aromatic rings. The Bertz CT molecular complexity index is 620. The van der Waals surface area contributed by atoms with E-state index in [9.17, 15) is 4.79 Å². The topological polar surface area (TPSA) is 38.3 Å². The molecule has 1 aromatic carbocycles. The van der Waals surface area contributed by atoms with E-state index in [-0.39, 0.29) is 12.5 Å². The first-order valence-electron chi connectivity index (χ1n) is 5.21. The summed E-state index contributed by atoms with van der Waals surface area (Å²) in [4.78, 5) is 12.1. The lowest BCUT2D eigenvalue weighted by Crippen LogP contribution is -2.17. The Hall–Kier alpha value is -1.29. The molecule has 0 atom stereocenters. The van der Waals surface area contributed by atoms with Crippen molar-refractivity contribution in [1.82, 2.24) is 5.32 Å². The summed E-state index contributed by atoms with van der Waals surface area (Å²) in [5, 5.41) is 2.57. The van der Waals surface area contributed by atoms with Crippen LogP contribution in [-0.4, -0.2) is 16.8 Å². The Morgan fingerprint density at radius 1 is 1.58 bits per heavy atom. The number of halogens is 1. The lowest BCUT2D eigenvalue weighted by Gasteiger charge is -2.05. The van der Waals surface area contributed by atoms with Crippen LogP contribution in [-0.2, 0) is 4.79 Å². The number of nitrogens with one attached hydrogen (secondary N) is 1. The van der Waals surface area contributed by atoms with Crippen LogP contribution in [0.5, 0.6) is 5.75 Å². The van der Waals surface area contributed by atoms with E-state index in [1.54, 1.807) is 12.1 Å². The molecule has 1 saturated heterocycles. The molecule has 0 spiro atoms. The van der Waals surface area contributed by atoms with Gasteiger partial charge in [0, 0.05) is 0 Å². The van der Waals surface area contributed by atoms with Crippen molar-refractivity contribution in [3.05, 3.63) is 33.1 Å². The number of thiocarbonyl (C=S) groups is 1. The predicted molar refractivity (Wildman–Crippen MR) is 84.8 cm³/mol. The van der Waals surface area contributed by atoms with Crippen molar-refractivity contribution in [2.24, 2.45) is 0 Å². The summed E-state index contributed by atoms with van der Waals surface area (Å²) >= 11 is 9.57. The summed E-state index contributed by atoms with van der Waals surface area (Å²) in [6.45, 7) is 0.214. The predicted octanol–water partition coefficient (Wildman–Crippen LogP) is 2.95. The lowest BCUT2D eigenvalue weighted by atomic mass is 10.2. The maximum Gasteiger partial charge on any atom is 0.263 e. The van der Waals surface area contributed by atoms with Gasteiger partial charge in [0.1, 0.15) is 16.7 Å². The van der Waals surface area contributed by atoms with Crippen LogP contribution in [0.15, 0.2) is 27.6 Å². The fourth-order valence-corrected chi connectivity index (χ4v) is 2.97. The summed E-state index contributed by atoms with van der Waals surface area (Å²) in [5.41, 5.74) is 0.877. The quantitative estimate of drug-likeness (QED) is 0.515. The highest BCUT2D eigenvalue weighted by Crippen LogP contribution is 2.30. The molecule has 0 unspecified atom stereocenters. The number of carbonyl (C=O) groups excluding carboxylic acids is 1. The number of carbonyl (C=O) groups is 1. The minimum Gasteiger partial charge on any atom is -0.480 e. The van der Waals surface area contributed by atoms with Crippen LogP contribution in [0.1, 0.15) is 5.56 Å². The fraction of sp³-hybridized carbons (Fsp3) is 0.0769. The summed E-state index contributed by atoms with van der Waals surface area (Å²) in [7, 11) is 0. The van der Waals surface area contributed by atoms with Crippen LogP contribution in [0.4, 0.5) is 0 Å². The third kappa shape index (κ3) is 3.60. The number of terminal acetylenes is 1. The third-order valence-electron chi connectivity index (χ3n) is 2.21. The Morgan fingerprint density at radius 2 is 2.37 bits per heavy atom. The minimum atomic E-state index is -0.168. The molecule has 96 valence electrons. The second kappa shape index (κ2) is 6.24. The van der Waals surface area contributed by atoms with Gasteiger partial charge in [-0.25, -0.2) is 0 Å². The average molecular weight is 354 g/mol. The monoisotopic (exact) mass is 353 g/mol. The molecule has 6 heteroatoms. The second-order valence-corrected chi connectivity index (χ2v) is 6.11. The number of thioether (sulfide) groups is 1. The summed E-state index contributed by atoms with van der Waals surface area (Å²) in [6.07, 6.45) is 6.91. The van der Waals surface area contributed by atoms with Crippen molar-refractivity contribution in [2.45, 2.75) is 0 Å². The number of hydrogen-bond donors (Lipinski definition) is 1. The first-order chi connectivity index (χ1) is 9.10. The molecular weight excluding hydrogens is 346 g/mol. The van der Waals surface area contributed by atoms with Gasteiger partial charge in [0.25, 0.3) is 5.91 Å². The average Bonchev–Trinajstić information content (AvgIpc) is 2.67. The molecule has 1 fully saturated rings. The van der Waals surface area contributed by atoms with Crippen LogP contribution in [0.25, 0.3) is 6.08 Å². The van der Waals surface area contributed by atoms with Gasteiger partial charge in [-0.3, -0.25) is 4.79 Å². The number of amides is 1. The van der Waals surface area contributed by atoms with Gasteiger partial charge < -0.3 is 10.1 Å². The molecule has 0 aliphatic carbocycles. The van der Waals surface area contributed by atoms with Gasteiger partial charge >= 0.3 is 0 Å². The highest BCUT2D eigenvalue weighted by atomic mass is 79.9. The molecule has 19 heavy (non-hydrogen) atoms. The lowest BCUT2D eigenvalue weighted by molar-refractivity contribution is -0.115. The van der Waals surface area contributed by atoms with Crippen molar-refractivity contribution in [3.63, 3.8) is 0 Å². The van der Waals surface area contributed by atoms with Crippen molar-refractivity contribution in [3.8, 4) is 18.1 Å². The molecular formula is C13H8BrNO2S2. The van der Waals surface area contributed by atoms with Gasteiger partial charge in [-0.2, -0.15) is 0 Å². The van der Waals surface area contributed by atoms with E-state index in [1.807, 2.05) is 12.1 Å². The molecule has 0 saturated carbocycles. The van der Waals surface area contributed by atoms with Crippen LogP contribution in [0.2, 0.25) is 0 Å². The molecule has 0 aromatic heterocycles. The van der Waals surface area contributed by atoms with Crippen molar-refractivity contribution < 1.29 is 9.53 Å². The Morgan fingerprint density at radius 3 is 2.95 bits per heavy atom. The van der Waals surface area contributed by atoms with Gasteiger partial charge in [-0.15, -0.1) is 6.42 Å². The zero-order valence-corrected chi connectivity index (χ0v) is 12.8. The van der Waals surface area contributed by atoms with Gasteiger partial charge in [-0.05, 0) is 39.7 Å². The highest BCUT2D eigenvalue weighted by Gasteiger charge is 2.21. The zero-order valence-electron chi connectivity index (χ0n) is 9.60. The second-order valence-electron chi connectivity index (χ2n) is 3.53. The van der Waals surface area contributed by atoms with Crippen LogP contribution in [0, 0.1) is 12.3 Å². The minimum absolute atomic E-state index is 0.168. The molecule has 1 amide bonds. The summed E-state index contributed by atoms with van der Waals surface area (Å²) in [5.74, 6) is 2.90. The van der Waals surface area contributed by atoms with Crippen LogP contribution in [0.3, 0.4) is 0 Å². The third-order valence-corrected chi connectivity index (χ3v) is 3.99. The van der Waals surface area contributed by atoms with E-state index >= 15 is 0 Å². The number of hydrogen-bond acceptors (Lipinski definition) is 4. The van der Waals surface area contributed by atoms with Crippen molar-refractivity contribution in [1.29, 1.82) is 0 Å². The normalized spacial score (nSPS) is 16.3. The first-order valence-corrected chi connectivity index (χ1v) is 7.22. The Balaban J connectivity index is 2.21. The molecule has 1 aliphatic rings. The van der Waals surface area contributed by atoms with E-state index < -0.39 is 0 Å².